The molecule has 0 spiro atoms. The predicted octanol–water partition coefficient (Wildman–Crippen LogP) is 4.56. The minimum atomic E-state index is -0.725. The molecule has 0 radical (unpaired) electrons. The largest absolute Gasteiger partial charge is 0.493 e. The van der Waals surface area contributed by atoms with Gasteiger partial charge in [-0.1, -0.05) is 29.3 Å². The highest BCUT2D eigenvalue weighted by molar-refractivity contribution is 6.44. The number of carbonyl (C=O) groups excluding carboxylic acids is 1. The number of carbonyl (C=O) groups is 1. The number of hydrogen-bond acceptors (Lipinski definition) is 5. The maximum Gasteiger partial charge on any atom is 0.286 e. The standard InChI is InChI=1S/C16H14Cl2N2O5/c1-3-25-14-8-12(20(22)23)9(7-13(14)24-2)16(21)19-11-6-4-5-10(17)15(11)18/h4-8H,3H2,1-2H3,(H,19,21). The SMILES string of the molecule is CCOc1cc([N+](=O)[O-])c(C(=O)Nc2cccc(Cl)c2Cl)cc1OC. The Morgan fingerprint density at radius 3 is 2.60 bits per heavy atom. The second-order valence-electron chi connectivity index (χ2n) is 4.77. The number of amides is 1. The molecule has 0 aromatic heterocycles. The first kappa shape index (κ1) is 18.8. The molecule has 9 heteroatoms. The van der Waals surface area contributed by atoms with Crippen LogP contribution in [0, 0.1) is 10.1 Å². The Bertz CT molecular complexity index is 826. The molecule has 0 heterocycles. The minimum Gasteiger partial charge on any atom is -0.493 e. The molecule has 0 aliphatic heterocycles. The molecule has 0 aliphatic rings. The van der Waals surface area contributed by atoms with Crippen LogP contribution in [0.3, 0.4) is 0 Å². The summed E-state index contributed by atoms with van der Waals surface area (Å²) in [6, 6.07) is 7.08. The van der Waals surface area contributed by atoms with E-state index < -0.39 is 16.5 Å². The van der Waals surface area contributed by atoms with Gasteiger partial charge >= 0.3 is 0 Å². The summed E-state index contributed by atoms with van der Waals surface area (Å²) in [5.41, 5.74) is -0.373. The summed E-state index contributed by atoms with van der Waals surface area (Å²) in [4.78, 5) is 23.2. The first-order valence-electron chi connectivity index (χ1n) is 7.13. The zero-order valence-corrected chi connectivity index (χ0v) is 14.9. The third kappa shape index (κ3) is 4.12. The molecule has 25 heavy (non-hydrogen) atoms. The van der Waals surface area contributed by atoms with Crippen LogP contribution in [0.5, 0.6) is 11.5 Å². The number of methoxy groups -OCH3 is 1. The van der Waals surface area contributed by atoms with Crippen LogP contribution in [0.1, 0.15) is 17.3 Å². The van der Waals surface area contributed by atoms with E-state index in [0.29, 0.717) is 0 Å². The number of nitrogens with zero attached hydrogens (tertiary/aromatic N) is 1. The van der Waals surface area contributed by atoms with Gasteiger partial charge < -0.3 is 14.8 Å². The van der Waals surface area contributed by atoms with Crippen molar-refractivity contribution in [2.75, 3.05) is 19.0 Å². The van der Waals surface area contributed by atoms with Crippen LogP contribution in [-0.2, 0) is 0 Å². The molecule has 7 nitrogen and oxygen atoms in total. The summed E-state index contributed by atoms with van der Waals surface area (Å²) >= 11 is 11.9. The van der Waals surface area contributed by atoms with Crippen molar-refractivity contribution in [1.29, 1.82) is 0 Å². The normalized spacial score (nSPS) is 10.2. The second kappa shape index (κ2) is 8.04. The van der Waals surface area contributed by atoms with Gasteiger partial charge in [0.1, 0.15) is 5.56 Å². The van der Waals surface area contributed by atoms with Crippen LogP contribution in [0.25, 0.3) is 0 Å². The minimum absolute atomic E-state index is 0.137. The van der Waals surface area contributed by atoms with Crippen LogP contribution >= 0.6 is 23.2 Å². The first-order valence-corrected chi connectivity index (χ1v) is 7.89. The van der Waals surface area contributed by atoms with Crippen molar-refractivity contribution in [3.05, 3.63) is 56.1 Å². The van der Waals surface area contributed by atoms with Crippen molar-refractivity contribution >= 4 is 40.5 Å². The molecule has 0 atom stereocenters. The molecule has 1 N–H and O–H groups in total. The Balaban J connectivity index is 2.47. The highest BCUT2D eigenvalue weighted by Gasteiger charge is 2.25. The summed E-state index contributed by atoms with van der Waals surface area (Å²) in [7, 11) is 1.37. The molecular weight excluding hydrogens is 371 g/mol. The van der Waals surface area contributed by atoms with Crippen LogP contribution in [0.4, 0.5) is 11.4 Å². The lowest BCUT2D eigenvalue weighted by Gasteiger charge is -2.12. The van der Waals surface area contributed by atoms with Gasteiger partial charge in [0.25, 0.3) is 11.6 Å². The number of nitro groups is 1. The van der Waals surface area contributed by atoms with E-state index >= 15 is 0 Å². The van der Waals surface area contributed by atoms with Crippen molar-refractivity contribution in [1.82, 2.24) is 0 Å². The average molecular weight is 385 g/mol. The highest BCUT2D eigenvalue weighted by atomic mass is 35.5. The molecular formula is C16H14Cl2N2O5. The fourth-order valence-corrected chi connectivity index (χ4v) is 2.45. The third-order valence-electron chi connectivity index (χ3n) is 3.22. The van der Waals surface area contributed by atoms with E-state index in [1.807, 2.05) is 0 Å². The van der Waals surface area contributed by atoms with Crippen LogP contribution in [0.2, 0.25) is 10.0 Å². The van der Waals surface area contributed by atoms with Gasteiger partial charge in [-0.15, -0.1) is 0 Å². The number of benzene rings is 2. The summed E-state index contributed by atoms with van der Waals surface area (Å²) in [5, 5.41) is 14.2. The Labute approximate surface area is 153 Å². The number of nitro benzene ring substituents is 1. The zero-order chi connectivity index (χ0) is 18.6. The topological polar surface area (TPSA) is 90.7 Å². The van der Waals surface area contributed by atoms with Gasteiger partial charge in [-0.3, -0.25) is 14.9 Å². The number of anilines is 1. The summed E-state index contributed by atoms with van der Waals surface area (Å²) in [6.45, 7) is 2.02. The van der Waals surface area contributed by atoms with Gasteiger partial charge in [-0.05, 0) is 19.1 Å². The average Bonchev–Trinajstić information content (AvgIpc) is 2.58. The van der Waals surface area contributed by atoms with Gasteiger partial charge in [-0.25, -0.2) is 0 Å². The lowest BCUT2D eigenvalue weighted by atomic mass is 10.1. The molecule has 132 valence electrons. The van der Waals surface area contributed by atoms with Crippen molar-refractivity contribution in [2.45, 2.75) is 6.92 Å². The lowest BCUT2D eigenvalue weighted by Crippen LogP contribution is -2.15. The number of ether oxygens (including phenoxy) is 2. The van der Waals surface area contributed by atoms with Crippen molar-refractivity contribution < 1.29 is 19.2 Å². The van der Waals surface area contributed by atoms with E-state index in [0.717, 1.165) is 6.07 Å². The van der Waals surface area contributed by atoms with Crippen molar-refractivity contribution in [3.63, 3.8) is 0 Å². The van der Waals surface area contributed by atoms with Gasteiger partial charge in [0.15, 0.2) is 11.5 Å². The predicted molar refractivity (Wildman–Crippen MR) is 95.2 cm³/mol. The molecule has 2 rings (SSSR count). The van der Waals surface area contributed by atoms with Crippen molar-refractivity contribution in [2.24, 2.45) is 0 Å². The number of nitrogens with one attached hydrogen (secondary N) is 1. The van der Waals surface area contributed by atoms with E-state index in [1.54, 1.807) is 19.1 Å². The molecule has 2 aromatic rings. The van der Waals surface area contributed by atoms with E-state index in [2.05, 4.69) is 5.32 Å². The number of rotatable bonds is 6. The quantitative estimate of drug-likeness (QED) is 0.582. The molecule has 1 amide bonds. The van der Waals surface area contributed by atoms with Crippen LogP contribution in [0.15, 0.2) is 30.3 Å². The monoisotopic (exact) mass is 384 g/mol. The number of hydrogen-bond donors (Lipinski definition) is 1. The fraction of sp³-hybridized carbons (Fsp3) is 0.188. The maximum absolute atomic E-state index is 12.5. The summed E-state index contributed by atoms with van der Waals surface area (Å²) in [5.74, 6) is -0.346. The van der Waals surface area contributed by atoms with Gasteiger partial charge in [0.05, 0.1) is 40.4 Å². The molecule has 0 aliphatic carbocycles. The number of halogens is 2. The Kier molecular flexibility index (Phi) is 6.06. The lowest BCUT2D eigenvalue weighted by molar-refractivity contribution is -0.385. The summed E-state index contributed by atoms with van der Waals surface area (Å²) in [6.07, 6.45) is 0. The van der Waals surface area contributed by atoms with E-state index in [-0.39, 0.29) is 39.4 Å². The smallest absolute Gasteiger partial charge is 0.286 e. The zero-order valence-electron chi connectivity index (χ0n) is 13.3. The molecule has 0 bridgehead atoms. The molecule has 0 saturated carbocycles. The van der Waals surface area contributed by atoms with Gasteiger partial charge in [0.2, 0.25) is 0 Å². The Hall–Kier alpha value is -2.51. The molecule has 0 fully saturated rings. The molecule has 2 aromatic carbocycles. The van der Waals surface area contributed by atoms with Gasteiger partial charge in [-0.2, -0.15) is 0 Å². The molecule has 0 saturated heterocycles. The van der Waals surface area contributed by atoms with Crippen LogP contribution < -0.4 is 14.8 Å². The second-order valence-corrected chi connectivity index (χ2v) is 5.55. The summed E-state index contributed by atoms with van der Waals surface area (Å²) < 4.78 is 10.4. The molecule has 0 unspecified atom stereocenters. The van der Waals surface area contributed by atoms with E-state index in [1.165, 1.54) is 19.2 Å². The fourth-order valence-electron chi connectivity index (χ4n) is 2.10. The first-order chi connectivity index (χ1) is 11.9. The van der Waals surface area contributed by atoms with E-state index in [9.17, 15) is 14.9 Å². The van der Waals surface area contributed by atoms with Crippen LogP contribution in [-0.4, -0.2) is 24.5 Å². The Morgan fingerprint density at radius 2 is 2.00 bits per heavy atom. The van der Waals surface area contributed by atoms with Gasteiger partial charge in [0, 0.05) is 6.07 Å². The van der Waals surface area contributed by atoms with E-state index in [4.69, 9.17) is 32.7 Å². The Morgan fingerprint density at radius 1 is 1.28 bits per heavy atom. The third-order valence-corrected chi connectivity index (χ3v) is 4.04. The highest BCUT2D eigenvalue weighted by Crippen LogP contribution is 2.36. The van der Waals surface area contributed by atoms with Crippen molar-refractivity contribution in [3.8, 4) is 11.5 Å². The maximum atomic E-state index is 12.5.